The van der Waals surface area contributed by atoms with Gasteiger partial charge in [-0.1, -0.05) is 13.3 Å². The van der Waals surface area contributed by atoms with Gasteiger partial charge in [0.1, 0.15) is 5.76 Å². The van der Waals surface area contributed by atoms with E-state index in [4.69, 9.17) is 4.42 Å². The maximum atomic E-state index is 5.41. The van der Waals surface area contributed by atoms with Crippen LogP contribution in [0.15, 0.2) is 22.8 Å². The molecule has 1 atom stereocenters. The van der Waals surface area contributed by atoms with Crippen LogP contribution in [0.1, 0.15) is 44.8 Å². The van der Waals surface area contributed by atoms with Crippen LogP contribution >= 0.6 is 0 Å². The molecule has 1 aromatic heterocycles. The third-order valence-corrected chi connectivity index (χ3v) is 3.85. The quantitative estimate of drug-likeness (QED) is 0.806. The average Bonchev–Trinajstić information content (AvgIpc) is 2.92. The van der Waals surface area contributed by atoms with Gasteiger partial charge in [0, 0.05) is 6.04 Å². The second kappa shape index (κ2) is 7.59. The van der Waals surface area contributed by atoms with Gasteiger partial charge in [0.15, 0.2) is 0 Å². The van der Waals surface area contributed by atoms with Gasteiger partial charge in [-0.2, -0.15) is 0 Å². The third-order valence-electron chi connectivity index (χ3n) is 3.85. The van der Waals surface area contributed by atoms with E-state index in [1.807, 2.05) is 6.07 Å². The van der Waals surface area contributed by atoms with Gasteiger partial charge in [-0.15, -0.1) is 0 Å². The Kier molecular flexibility index (Phi) is 5.75. The van der Waals surface area contributed by atoms with Gasteiger partial charge in [0.25, 0.3) is 0 Å². The fourth-order valence-electron chi connectivity index (χ4n) is 2.70. The van der Waals surface area contributed by atoms with Crippen molar-refractivity contribution in [1.29, 1.82) is 0 Å². The molecule has 1 fully saturated rings. The molecule has 0 aromatic carbocycles. The zero-order valence-electron chi connectivity index (χ0n) is 11.5. The van der Waals surface area contributed by atoms with Gasteiger partial charge in [-0.25, -0.2) is 0 Å². The Hall–Kier alpha value is -0.800. The van der Waals surface area contributed by atoms with Crippen molar-refractivity contribution in [3.63, 3.8) is 0 Å². The summed E-state index contributed by atoms with van der Waals surface area (Å²) in [7, 11) is 0. The first kappa shape index (κ1) is 13.6. The van der Waals surface area contributed by atoms with E-state index in [9.17, 15) is 0 Å². The number of rotatable bonds is 7. The van der Waals surface area contributed by atoms with E-state index in [0.29, 0.717) is 0 Å². The van der Waals surface area contributed by atoms with Gasteiger partial charge in [0.05, 0.1) is 12.8 Å². The van der Waals surface area contributed by atoms with E-state index in [1.165, 1.54) is 45.2 Å². The lowest BCUT2D eigenvalue weighted by Gasteiger charge is -2.25. The van der Waals surface area contributed by atoms with E-state index >= 15 is 0 Å². The molecule has 3 heteroatoms. The lowest BCUT2D eigenvalue weighted by atomic mass is 10.0. The summed E-state index contributed by atoms with van der Waals surface area (Å²) < 4.78 is 5.41. The van der Waals surface area contributed by atoms with Gasteiger partial charge in [0.2, 0.25) is 0 Å². The molecular formula is C15H26N2O. The fourth-order valence-corrected chi connectivity index (χ4v) is 2.70. The van der Waals surface area contributed by atoms with Crippen molar-refractivity contribution in [3.05, 3.63) is 24.2 Å². The predicted molar refractivity (Wildman–Crippen MR) is 74.5 cm³/mol. The molecule has 1 unspecified atom stereocenters. The highest BCUT2D eigenvalue weighted by molar-refractivity contribution is 4.97. The smallest absolute Gasteiger partial charge is 0.117 e. The van der Waals surface area contributed by atoms with Crippen LogP contribution in [0.5, 0.6) is 0 Å². The summed E-state index contributed by atoms with van der Waals surface area (Å²) in [6.07, 6.45) is 8.48. The number of furan rings is 1. The number of nitrogens with one attached hydrogen (secondary N) is 1. The summed E-state index contributed by atoms with van der Waals surface area (Å²) in [4.78, 5) is 2.46. The Balaban J connectivity index is 1.64. The first-order chi connectivity index (χ1) is 8.88. The van der Waals surface area contributed by atoms with Crippen LogP contribution in [0, 0.1) is 0 Å². The Labute approximate surface area is 111 Å². The summed E-state index contributed by atoms with van der Waals surface area (Å²) >= 11 is 0. The molecule has 0 saturated carbocycles. The maximum Gasteiger partial charge on any atom is 0.117 e. The minimum absolute atomic E-state index is 0.765. The number of piperidine rings is 1. The largest absolute Gasteiger partial charge is 0.468 e. The molecule has 2 heterocycles. The van der Waals surface area contributed by atoms with E-state index in [1.54, 1.807) is 6.26 Å². The summed E-state index contributed by atoms with van der Waals surface area (Å²) in [5.74, 6) is 1.08. The van der Waals surface area contributed by atoms with Crippen LogP contribution in [0.3, 0.4) is 0 Å². The molecule has 2 rings (SSSR count). The van der Waals surface area contributed by atoms with Crippen LogP contribution in [0.4, 0.5) is 0 Å². The Morgan fingerprint density at radius 3 is 3.06 bits per heavy atom. The second-order valence-electron chi connectivity index (χ2n) is 5.24. The highest BCUT2D eigenvalue weighted by Gasteiger charge is 2.12. The normalized spacial score (nSPS) is 20.4. The molecule has 1 N–H and O–H groups in total. The molecule has 3 nitrogen and oxygen atoms in total. The summed E-state index contributed by atoms with van der Waals surface area (Å²) in [6.45, 7) is 6.66. The van der Waals surface area contributed by atoms with Crippen molar-refractivity contribution in [2.75, 3.05) is 19.6 Å². The Bertz CT molecular complexity index is 304. The lowest BCUT2D eigenvalue weighted by molar-refractivity contribution is 0.242. The highest BCUT2D eigenvalue weighted by Crippen LogP contribution is 2.13. The monoisotopic (exact) mass is 250 g/mol. The summed E-state index contributed by atoms with van der Waals surface area (Å²) in [5.41, 5.74) is 0. The highest BCUT2D eigenvalue weighted by atomic mass is 16.3. The molecule has 0 aliphatic carbocycles. The molecule has 0 spiro atoms. The zero-order chi connectivity index (χ0) is 12.6. The fraction of sp³-hybridized carbons (Fsp3) is 0.733. The molecule has 18 heavy (non-hydrogen) atoms. The molecule has 1 saturated heterocycles. The number of hydrogen-bond acceptors (Lipinski definition) is 3. The Morgan fingerprint density at radius 1 is 1.44 bits per heavy atom. The molecule has 1 aromatic rings. The Morgan fingerprint density at radius 2 is 2.39 bits per heavy atom. The first-order valence-corrected chi connectivity index (χ1v) is 7.36. The van der Waals surface area contributed by atoms with E-state index in [2.05, 4.69) is 23.2 Å². The van der Waals surface area contributed by atoms with Crippen LogP contribution < -0.4 is 5.32 Å². The van der Waals surface area contributed by atoms with E-state index < -0.39 is 0 Å². The van der Waals surface area contributed by atoms with Crippen molar-refractivity contribution in [3.8, 4) is 0 Å². The summed E-state index contributed by atoms with van der Waals surface area (Å²) in [5, 5.41) is 3.62. The zero-order valence-corrected chi connectivity index (χ0v) is 11.5. The minimum Gasteiger partial charge on any atom is -0.468 e. The molecular weight excluding hydrogens is 224 g/mol. The number of hydrogen-bond donors (Lipinski definition) is 1. The molecule has 1 aliphatic rings. The molecule has 0 radical (unpaired) electrons. The average molecular weight is 250 g/mol. The maximum absolute atomic E-state index is 5.41. The SMILES string of the molecule is CCN(CCCC1CCCCN1)Cc1ccco1. The lowest BCUT2D eigenvalue weighted by Crippen LogP contribution is -2.34. The summed E-state index contributed by atoms with van der Waals surface area (Å²) in [6, 6.07) is 4.79. The standard InChI is InChI=1S/C15H26N2O/c1-2-17(13-15-9-6-12-18-15)11-5-8-14-7-3-4-10-16-14/h6,9,12,14,16H,2-5,7-8,10-11,13H2,1H3. The third kappa shape index (κ3) is 4.46. The van der Waals surface area contributed by atoms with Crippen LogP contribution in [0.25, 0.3) is 0 Å². The molecule has 0 amide bonds. The van der Waals surface area contributed by atoms with Crippen molar-refractivity contribution in [2.24, 2.45) is 0 Å². The van der Waals surface area contributed by atoms with Crippen molar-refractivity contribution in [2.45, 2.75) is 51.6 Å². The van der Waals surface area contributed by atoms with Gasteiger partial charge in [-0.3, -0.25) is 4.90 Å². The van der Waals surface area contributed by atoms with E-state index in [0.717, 1.165) is 24.9 Å². The van der Waals surface area contributed by atoms with Crippen LogP contribution in [-0.2, 0) is 6.54 Å². The second-order valence-corrected chi connectivity index (χ2v) is 5.24. The van der Waals surface area contributed by atoms with Crippen molar-refractivity contribution >= 4 is 0 Å². The van der Waals surface area contributed by atoms with Gasteiger partial charge < -0.3 is 9.73 Å². The van der Waals surface area contributed by atoms with Crippen molar-refractivity contribution < 1.29 is 4.42 Å². The predicted octanol–water partition coefficient (Wildman–Crippen LogP) is 3.02. The molecule has 102 valence electrons. The van der Waals surface area contributed by atoms with Gasteiger partial charge in [-0.05, 0) is 57.5 Å². The van der Waals surface area contributed by atoms with Crippen molar-refractivity contribution in [1.82, 2.24) is 10.2 Å². The van der Waals surface area contributed by atoms with Crippen LogP contribution in [0.2, 0.25) is 0 Å². The minimum atomic E-state index is 0.765. The van der Waals surface area contributed by atoms with Crippen LogP contribution in [-0.4, -0.2) is 30.6 Å². The molecule has 0 bridgehead atoms. The molecule has 1 aliphatic heterocycles. The first-order valence-electron chi connectivity index (χ1n) is 7.36. The van der Waals surface area contributed by atoms with E-state index in [-0.39, 0.29) is 0 Å². The van der Waals surface area contributed by atoms with Gasteiger partial charge >= 0.3 is 0 Å². The topological polar surface area (TPSA) is 28.4 Å². The number of nitrogens with zero attached hydrogens (tertiary/aromatic N) is 1.